The first kappa shape index (κ1) is 18.7. The van der Waals surface area contributed by atoms with Crippen LogP contribution in [0.5, 0.6) is 0 Å². The summed E-state index contributed by atoms with van der Waals surface area (Å²) in [6.45, 7) is 0. The molecule has 1 aliphatic heterocycles. The minimum Gasteiger partial charge on any atom is -0.326 e. The number of halogens is 1. The molecule has 2 aromatic rings. The lowest BCUT2D eigenvalue weighted by atomic mass is 10.3. The predicted octanol–water partition coefficient (Wildman–Crippen LogP) is 3.84. The molecule has 134 valence electrons. The highest BCUT2D eigenvalue weighted by Gasteiger charge is 2.39. The number of para-hydroxylation sites is 1. The summed E-state index contributed by atoms with van der Waals surface area (Å²) in [5, 5.41) is 2.39. The van der Waals surface area contributed by atoms with Gasteiger partial charge in [0.15, 0.2) is 0 Å². The largest absolute Gasteiger partial charge is 0.326 e. The van der Waals surface area contributed by atoms with E-state index in [1.807, 2.05) is 30.3 Å². The lowest BCUT2D eigenvalue weighted by Gasteiger charge is -2.14. The smallest absolute Gasteiger partial charge is 0.247 e. The van der Waals surface area contributed by atoms with Crippen LogP contribution in [0.2, 0.25) is 0 Å². The molecule has 2 aromatic carbocycles. The summed E-state index contributed by atoms with van der Waals surface area (Å²) in [4.78, 5) is 37.9. The third kappa shape index (κ3) is 4.53. The third-order valence-corrected chi connectivity index (χ3v) is 5.63. The minimum atomic E-state index is -0.428. The van der Waals surface area contributed by atoms with Crippen LogP contribution in [0.25, 0.3) is 0 Å². The summed E-state index contributed by atoms with van der Waals surface area (Å²) >= 11 is 4.70. The number of carbonyl (C=O) groups is 3. The Morgan fingerprint density at radius 3 is 2.50 bits per heavy atom. The first-order valence-corrected chi connectivity index (χ1v) is 9.97. The molecule has 0 radical (unpaired) electrons. The fourth-order valence-electron chi connectivity index (χ4n) is 2.63. The molecule has 5 nitrogen and oxygen atoms in total. The van der Waals surface area contributed by atoms with Gasteiger partial charge in [0.2, 0.25) is 17.7 Å². The van der Waals surface area contributed by atoms with Crippen LogP contribution in [-0.2, 0) is 14.4 Å². The molecule has 0 bridgehead atoms. The third-order valence-electron chi connectivity index (χ3n) is 3.90. The van der Waals surface area contributed by atoms with Gasteiger partial charge in [0.1, 0.15) is 0 Å². The van der Waals surface area contributed by atoms with Crippen LogP contribution in [0.3, 0.4) is 0 Å². The summed E-state index contributed by atoms with van der Waals surface area (Å²) < 4.78 is 0.943. The second-order valence-electron chi connectivity index (χ2n) is 5.77. The second kappa shape index (κ2) is 8.51. The number of hydrogen-bond acceptors (Lipinski definition) is 4. The maximum Gasteiger partial charge on any atom is 0.247 e. The van der Waals surface area contributed by atoms with Gasteiger partial charge in [0.25, 0.3) is 0 Å². The molecule has 3 rings (SSSR count). The average molecular weight is 433 g/mol. The molecule has 1 atom stereocenters. The summed E-state index contributed by atoms with van der Waals surface area (Å²) in [5.41, 5.74) is 1.32. The Morgan fingerprint density at radius 1 is 1.12 bits per heavy atom. The second-order valence-corrected chi connectivity index (χ2v) is 8.00. The molecule has 1 fully saturated rings. The van der Waals surface area contributed by atoms with Crippen LogP contribution in [0.4, 0.5) is 11.4 Å². The number of rotatable bonds is 6. The molecule has 1 aliphatic rings. The molecular formula is C19H17BrN2O3S. The monoisotopic (exact) mass is 432 g/mol. The first-order valence-electron chi connectivity index (χ1n) is 8.13. The number of benzene rings is 2. The van der Waals surface area contributed by atoms with E-state index >= 15 is 0 Å². The molecular weight excluding hydrogens is 416 g/mol. The van der Waals surface area contributed by atoms with Crippen molar-refractivity contribution in [3.63, 3.8) is 0 Å². The van der Waals surface area contributed by atoms with Crippen molar-refractivity contribution < 1.29 is 14.4 Å². The average Bonchev–Trinajstić information content (AvgIpc) is 2.91. The van der Waals surface area contributed by atoms with Gasteiger partial charge in [-0.1, -0.05) is 34.1 Å². The van der Waals surface area contributed by atoms with Gasteiger partial charge in [0.05, 0.1) is 10.9 Å². The zero-order chi connectivity index (χ0) is 18.5. The Balaban J connectivity index is 1.49. The van der Waals surface area contributed by atoms with Crippen molar-refractivity contribution in [2.45, 2.75) is 18.1 Å². The normalized spacial score (nSPS) is 16.8. The maximum absolute atomic E-state index is 12.5. The fourth-order valence-corrected chi connectivity index (χ4v) is 3.99. The van der Waals surface area contributed by atoms with Gasteiger partial charge in [-0.2, -0.15) is 0 Å². The van der Waals surface area contributed by atoms with Gasteiger partial charge in [-0.3, -0.25) is 14.4 Å². The summed E-state index contributed by atoms with van der Waals surface area (Å²) in [5.74, 6) is -0.0386. The summed E-state index contributed by atoms with van der Waals surface area (Å²) in [6, 6.07) is 16.2. The van der Waals surface area contributed by atoms with Crippen molar-refractivity contribution in [1.29, 1.82) is 0 Å². The van der Waals surface area contributed by atoms with E-state index in [9.17, 15) is 14.4 Å². The molecule has 1 unspecified atom stereocenters. The lowest BCUT2D eigenvalue weighted by molar-refractivity contribution is -0.121. The van der Waals surface area contributed by atoms with Gasteiger partial charge in [0, 0.05) is 28.8 Å². The number of amides is 3. The van der Waals surface area contributed by atoms with Crippen LogP contribution in [0, 0.1) is 0 Å². The Kier molecular flexibility index (Phi) is 6.11. The predicted molar refractivity (Wildman–Crippen MR) is 107 cm³/mol. The molecule has 1 heterocycles. The number of nitrogens with zero attached hydrogens (tertiary/aromatic N) is 1. The molecule has 1 saturated heterocycles. The van der Waals surface area contributed by atoms with E-state index in [1.54, 1.807) is 24.3 Å². The number of anilines is 2. The topological polar surface area (TPSA) is 66.5 Å². The minimum absolute atomic E-state index is 0.114. The molecule has 0 spiro atoms. The number of carbonyl (C=O) groups excluding carboxylic acids is 3. The van der Waals surface area contributed by atoms with E-state index in [0.29, 0.717) is 11.4 Å². The number of imide groups is 1. The van der Waals surface area contributed by atoms with Gasteiger partial charge in [-0.25, -0.2) is 4.90 Å². The molecule has 0 aliphatic carbocycles. The number of nitrogens with one attached hydrogen (secondary N) is 1. The van der Waals surface area contributed by atoms with E-state index in [0.717, 1.165) is 10.2 Å². The van der Waals surface area contributed by atoms with Gasteiger partial charge < -0.3 is 5.32 Å². The van der Waals surface area contributed by atoms with E-state index in [2.05, 4.69) is 21.2 Å². The van der Waals surface area contributed by atoms with Crippen molar-refractivity contribution in [3.8, 4) is 0 Å². The molecule has 0 aromatic heterocycles. The standard InChI is InChI=1S/C19H17BrN2O3S/c20-13-6-8-14(9-7-13)21-17(23)10-11-26-16-12-18(24)22(19(16)25)15-4-2-1-3-5-15/h1-9,16H,10-12H2,(H,21,23). The van der Waals surface area contributed by atoms with E-state index in [4.69, 9.17) is 0 Å². The van der Waals surface area contributed by atoms with Crippen LogP contribution in [0.1, 0.15) is 12.8 Å². The van der Waals surface area contributed by atoms with E-state index in [-0.39, 0.29) is 30.6 Å². The highest BCUT2D eigenvalue weighted by molar-refractivity contribution is 9.10. The van der Waals surface area contributed by atoms with Crippen LogP contribution < -0.4 is 10.2 Å². The van der Waals surface area contributed by atoms with Crippen molar-refractivity contribution in [1.82, 2.24) is 0 Å². The number of hydrogen-bond donors (Lipinski definition) is 1. The van der Waals surface area contributed by atoms with Crippen LogP contribution in [-0.4, -0.2) is 28.7 Å². The quantitative estimate of drug-likeness (QED) is 0.703. The fraction of sp³-hybridized carbons (Fsp3) is 0.211. The van der Waals surface area contributed by atoms with E-state index < -0.39 is 5.25 Å². The highest BCUT2D eigenvalue weighted by atomic mass is 79.9. The molecule has 3 amide bonds. The van der Waals surface area contributed by atoms with Gasteiger partial charge in [-0.05, 0) is 36.4 Å². The van der Waals surface area contributed by atoms with Crippen molar-refractivity contribution >= 4 is 56.8 Å². The highest BCUT2D eigenvalue weighted by Crippen LogP contribution is 2.29. The summed E-state index contributed by atoms with van der Waals surface area (Å²) in [6.07, 6.45) is 0.455. The zero-order valence-corrected chi connectivity index (χ0v) is 16.3. The van der Waals surface area contributed by atoms with Crippen LogP contribution in [0.15, 0.2) is 59.1 Å². The lowest BCUT2D eigenvalue weighted by Crippen LogP contribution is -2.31. The van der Waals surface area contributed by atoms with Crippen molar-refractivity contribution in [3.05, 3.63) is 59.1 Å². The Hall–Kier alpha value is -2.12. The SMILES string of the molecule is O=C(CCSC1CC(=O)N(c2ccccc2)C1=O)Nc1ccc(Br)cc1. The molecule has 1 N–H and O–H groups in total. The molecule has 26 heavy (non-hydrogen) atoms. The van der Waals surface area contributed by atoms with Gasteiger partial charge in [-0.15, -0.1) is 11.8 Å². The maximum atomic E-state index is 12.5. The Morgan fingerprint density at radius 2 is 1.81 bits per heavy atom. The first-order chi connectivity index (χ1) is 12.5. The number of thioether (sulfide) groups is 1. The summed E-state index contributed by atoms with van der Waals surface area (Å²) in [7, 11) is 0. The molecule has 7 heteroatoms. The van der Waals surface area contributed by atoms with Crippen LogP contribution >= 0.6 is 27.7 Å². The van der Waals surface area contributed by atoms with E-state index in [1.165, 1.54) is 16.7 Å². The Bertz CT molecular complexity index is 811. The Labute approximate surface area is 164 Å². The van der Waals surface area contributed by atoms with Crippen molar-refractivity contribution in [2.24, 2.45) is 0 Å². The molecule has 0 saturated carbocycles. The zero-order valence-electron chi connectivity index (χ0n) is 13.9. The van der Waals surface area contributed by atoms with Gasteiger partial charge >= 0.3 is 0 Å². The van der Waals surface area contributed by atoms with Crippen molar-refractivity contribution in [2.75, 3.05) is 16.0 Å².